The predicted octanol–water partition coefficient (Wildman–Crippen LogP) is 9.39. The van der Waals surface area contributed by atoms with E-state index in [9.17, 15) is 9.59 Å². The van der Waals surface area contributed by atoms with E-state index in [4.69, 9.17) is 5.29 Å². The van der Waals surface area contributed by atoms with Crippen LogP contribution in [0.25, 0.3) is 0 Å². The Morgan fingerprint density at radius 1 is 0.424 bits per heavy atom. The number of unbranched alkanes of at least 4 members (excludes halogenated alkanes) is 20. The van der Waals surface area contributed by atoms with Crippen molar-refractivity contribution in [3.63, 3.8) is 0 Å². The number of carbonyl (C=O) groups is 2. The van der Waals surface area contributed by atoms with E-state index in [1.807, 2.05) is 0 Å². The molecule has 0 spiro atoms. The topological polar surface area (TPSA) is 52.6 Å². The first-order valence-electron chi connectivity index (χ1n) is 14.5. The van der Waals surface area contributed by atoms with Gasteiger partial charge in [-0.15, -0.1) is 0 Å². The second-order valence-electron chi connectivity index (χ2n) is 9.72. The van der Waals surface area contributed by atoms with Gasteiger partial charge in [0.1, 0.15) is 0 Å². The van der Waals surface area contributed by atoms with Crippen LogP contribution in [-0.4, -0.2) is 11.9 Å². The molecule has 33 heavy (non-hydrogen) atoms. The molecule has 4 nitrogen and oxygen atoms in total. The van der Waals surface area contributed by atoms with E-state index in [0.29, 0.717) is 12.8 Å². The molecular formula is C28H54HgO4. The first kappa shape index (κ1) is 32.9. The minimum Gasteiger partial charge on any atom is -0.0654 e. The Morgan fingerprint density at radius 2 is 0.667 bits per heavy atom. The van der Waals surface area contributed by atoms with Gasteiger partial charge in [0.2, 0.25) is 0 Å². The molecule has 0 atom stereocenters. The van der Waals surface area contributed by atoms with Crippen LogP contribution in [0.4, 0.5) is 0 Å². The van der Waals surface area contributed by atoms with E-state index in [-0.39, 0.29) is 11.9 Å². The van der Waals surface area contributed by atoms with Gasteiger partial charge in [-0.3, -0.25) is 0 Å². The van der Waals surface area contributed by atoms with Crippen molar-refractivity contribution >= 4 is 11.9 Å². The molecule has 0 aliphatic rings. The van der Waals surface area contributed by atoms with Gasteiger partial charge in [0.05, 0.1) is 0 Å². The fourth-order valence-corrected chi connectivity index (χ4v) is 6.55. The fourth-order valence-electron chi connectivity index (χ4n) is 4.17. The van der Waals surface area contributed by atoms with Crippen molar-refractivity contribution in [1.82, 2.24) is 0 Å². The number of hydrogen-bond donors (Lipinski definition) is 0. The summed E-state index contributed by atoms with van der Waals surface area (Å²) in [5.41, 5.74) is 0. The van der Waals surface area contributed by atoms with Gasteiger partial charge in [-0.2, -0.15) is 0 Å². The first-order chi connectivity index (χ1) is 16.2. The summed E-state index contributed by atoms with van der Waals surface area (Å²) in [5, 5.41) is 0. The van der Waals surface area contributed by atoms with Crippen molar-refractivity contribution < 1.29 is 40.4 Å². The fraction of sp³-hybridized carbons (Fsp3) is 0.929. The maximum atomic E-state index is 11.8. The molecule has 0 aliphatic heterocycles. The van der Waals surface area contributed by atoms with Crippen LogP contribution in [-0.2, 0) is 40.4 Å². The Balaban J connectivity index is 3.29. The number of carbonyl (C=O) groups excluding carboxylic acids is 2. The molecule has 0 bridgehead atoms. The summed E-state index contributed by atoms with van der Waals surface area (Å²) in [6, 6.07) is 0. The van der Waals surface area contributed by atoms with Gasteiger partial charge in [0.25, 0.3) is 0 Å². The SMILES string of the molecule is CCCCCCCCCCCCCC(=O)[O][Hg][O]C(=O)CCCCCCCCCCCCC. The van der Waals surface area contributed by atoms with E-state index in [2.05, 4.69) is 13.8 Å². The molecule has 0 fully saturated rings. The van der Waals surface area contributed by atoms with Crippen LogP contribution in [0.2, 0.25) is 0 Å². The third-order valence-electron chi connectivity index (χ3n) is 6.41. The second-order valence-corrected chi connectivity index (χ2v) is 12.9. The molecule has 0 aromatic rings. The Hall–Kier alpha value is -0.125. The maximum absolute atomic E-state index is 11.8. The third kappa shape index (κ3) is 28.0. The van der Waals surface area contributed by atoms with Crippen molar-refractivity contribution in [2.45, 2.75) is 168 Å². The van der Waals surface area contributed by atoms with Gasteiger partial charge in [0.15, 0.2) is 0 Å². The zero-order valence-corrected chi connectivity index (χ0v) is 27.8. The molecule has 0 N–H and O–H groups in total. The van der Waals surface area contributed by atoms with E-state index < -0.39 is 25.5 Å². The van der Waals surface area contributed by atoms with Crippen LogP contribution >= 0.6 is 0 Å². The summed E-state index contributed by atoms with van der Waals surface area (Å²) in [4.78, 5) is 23.6. The van der Waals surface area contributed by atoms with Crippen LogP contribution in [0.1, 0.15) is 168 Å². The quantitative estimate of drug-likeness (QED) is 0.0689. The van der Waals surface area contributed by atoms with Crippen molar-refractivity contribution in [2.75, 3.05) is 0 Å². The molecule has 0 heterocycles. The van der Waals surface area contributed by atoms with Gasteiger partial charge in [-0.1, -0.05) is 39.5 Å². The minimum absolute atomic E-state index is 0.157. The van der Waals surface area contributed by atoms with Crippen molar-refractivity contribution in [3.05, 3.63) is 0 Å². The van der Waals surface area contributed by atoms with Crippen LogP contribution < -0.4 is 0 Å². The van der Waals surface area contributed by atoms with Crippen LogP contribution in [0.3, 0.4) is 0 Å². The van der Waals surface area contributed by atoms with E-state index in [1.54, 1.807) is 0 Å². The third-order valence-corrected chi connectivity index (χ3v) is 9.83. The van der Waals surface area contributed by atoms with Gasteiger partial charge in [-0.25, -0.2) is 0 Å². The van der Waals surface area contributed by atoms with Crippen LogP contribution in [0, 0.1) is 0 Å². The first-order valence-corrected chi connectivity index (χ1v) is 19.0. The molecule has 0 saturated heterocycles. The zero-order chi connectivity index (χ0) is 24.2. The molecule has 0 unspecified atom stereocenters. The molecule has 0 saturated carbocycles. The summed E-state index contributed by atoms with van der Waals surface area (Å²) in [6.45, 7) is 4.51. The molecule has 5 heteroatoms. The molecule has 0 rings (SSSR count). The van der Waals surface area contributed by atoms with Crippen molar-refractivity contribution in [3.8, 4) is 0 Å². The summed E-state index contributed by atoms with van der Waals surface area (Å²) in [7, 11) is 0. The minimum atomic E-state index is -2.27. The average molecular weight is 655 g/mol. The summed E-state index contributed by atoms with van der Waals surface area (Å²) in [6.07, 6.45) is 28.9. The Morgan fingerprint density at radius 3 is 0.939 bits per heavy atom. The molecule has 0 radical (unpaired) electrons. The van der Waals surface area contributed by atoms with Gasteiger partial charge in [0, 0.05) is 0 Å². The van der Waals surface area contributed by atoms with Gasteiger partial charge < -0.3 is 0 Å². The average Bonchev–Trinajstić information content (AvgIpc) is 2.81. The molecule has 0 amide bonds. The molecule has 192 valence electrons. The predicted molar refractivity (Wildman–Crippen MR) is 134 cm³/mol. The zero-order valence-electron chi connectivity index (χ0n) is 22.3. The number of hydrogen-bond acceptors (Lipinski definition) is 4. The molecule has 0 aliphatic carbocycles. The monoisotopic (exact) mass is 656 g/mol. The molecular weight excluding hydrogens is 601 g/mol. The van der Waals surface area contributed by atoms with Gasteiger partial charge >= 0.3 is 181 Å². The van der Waals surface area contributed by atoms with E-state index in [0.717, 1.165) is 25.7 Å². The summed E-state index contributed by atoms with van der Waals surface area (Å²) < 4.78 is 10.5. The Kier molecular flexibility index (Phi) is 28.0. The second kappa shape index (κ2) is 28.1. The van der Waals surface area contributed by atoms with Gasteiger partial charge in [-0.05, 0) is 0 Å². The molecule has 0 aromatic heterocycles. The van der Waals surface area contributed by atoms with Crippen LogP contribution in [0.15, 0.2) is 0 Å². The summed E-state index contributed by atoms with van der Waals surface area (Å²) in [5.74, 6) is -0.315. The normalized spacial score (nSPS) is 10.7. The molecule has 0 aromatic carbocycles. The van der Waals surface area contributed by atoms with Crippen molar-refractivity contribution in [1.29, 1.82) is 0 Å². The van der Waals surface area contributed by atoms with E-state index >= 15 is 0 Å². The van der Waals surface area contributed by atoms with Crippen molar-refractivity contribution in [2.24, 2.45) is 0 Å². The number of rotatable bonds is 26. The standard InChI is InChI=1S/2C14H28O2.Hg/c2*1-2-3-4-5-6-7-8-9-10-11-12-13-14(15)16;/h2*2-13H2,1H3,(H,15,16);/q;;+2/p-2. The van der Waals surface area contributed by atoms with E-state index in [1.165, 1.54) is 116 Å². The Labute approximate surface area is 219 Å². The Bertz CT molecular complexity index is 390. The smallest absolute Gasteiger partial charge is 0.0654 e. The van der Waals surface area contributed by atoms with Crippen LogP contribution in [0.5, 0.6) is 0 Å². The summed E-state index contributed by atoms with van der Waals surface area (Å²) >= 11 is -2.27.